The van der Waals surface area contributed by atoms with E-state index in [1.807, 2.05) is 48.5 Å². The molecule has 1 amide bonds. The molecule has 0 spiro atoms. The quantitative estimate of drug-likeness (QED) is 0.675. The van der Waals surface area contributed by atoms with E-state index in [4.69, 9.17) is 5.73 Å². The largest absolute Gasteiger partial charge is 0.465 e. The number of hydrogen-bond donors (Lipinski definition) is 3. The summed E-state index contributed by atoms with van der Waals surface area (Å²) in [5, 5.41) is 20.4. The maximum absolute atomic E-state index is 11.9. The predicted molar refractivity (Wildman–Crippen MR) is 100 cm³/mol. The van der Waals surface area contributed by atoms with E-state index in [9.17, 15) is 15.0 Å². The van der Waals surface area contributed by atoms with Crippen molar-refractivity contribution in [3.05, 3.63) is 64.1 Å². The van der Waals surface area contributed by atoms with Gasteiger partial charge in [0, 0.05) is 16.2 Å². The van der Waals surface area contributed by atoms with Crippen LogP contribution in [0.25, 0.3) is 0 Å². The summed E-state index contributed by atoms with van der Waals surface area (Å²) in [7, 11) is 0. The molecule has 3 atom stereocenters. The Labute approximate surface area is 155 Å². The van der Waals surface area contributed by atoms with E-state index >= 15 is 0 Å². The summed E-state index contributed by atoms with van der Waals surface area (Å²) in [6.45, 7) is 0. The monoisotopic (exact) mass is 404 g/mol. The van der Waals surface area contributed by atoms with Crippen molar-refractivity contribution in [3.63, 3.8) is 0 Å². The van der Waals surface area contributed by atoms with E-state index in [1.54, 1.807) is 0 Å². The van der Waals surface area contributed by atoms with Crippen LogP contribution in [0.5, 0.6) is 0 Å². The van der Waals surface area contributed by atoms with Crippen molar-refractivity contribution in [1.82, 2.24) is 4.90 Å². The van der Waals surface area contributed by atoms with E-state index < -0.39 is 18.2 Å². The lowest BCUT2D eigenvalue weighted by Gasteiger charge is -2.31. The summed E-state index contributed by atoms with van der Waals surface area (Å²) >= 11 is 3.41. The maximum atomic E-state index is 11.9. The van der Waals surface area contributed by atoms with E-state index in [2.05, 4.69) is 15.9 Å². The summed E-state index contributed by atoms with van der Waals surface area (Å²) in [5.41, 5.74) is 8.23. The Kier molecular flexibility index (Phi) is 5.30. The van der Waals surface area contributed by atoms with Gasteiger partial charge in [-0.3, -0.25) is 4.90 Å². The third-order valence-corrected chi connectivity index (χ3v) is 5.50. The number of nitrogens with two attached hydrogens (primary N) is 1. The van der Waals surface area contributed by atoms with E-state index in [1.165, 1.54) is 4.90 Å². The third kappa shape index (κ3) is 3.80. The highest BCUT2D eigenvalue weighted by molar-refractivity contribution is 9.10. The number of amides is 1. The van der Waals surface area contributed by atoms with Crippen LogP contribution in [0.1, 0.15) is 30.1 Å². The first kappa shape index (κ1) is 17.8. The lowest BCUT2D eigenvalue weighted by Crippen LogP contribution is -2.44. The van der Waals surface area contributed by atoms with Gasteiger partial charge >= 0.3 is 6.09 Å². The minimum atomic E-state index is -0.989. The van der Waals surface area contributed by atoms with Crippen LogP contribution in [0.4, 0.5) is 10.5 Å². The third-order valence-electron chi connectivity index (χ3n) is 4.81. The van der Waals surface area contributed by atoms with Gasteiger partial charge in [0.05, 0.1) is 12.1 Å². The summed E-state index contributed by atoms with van der Waals surface area (Å²) in [6, 6.07) is 14.3. The number of rotatable bonds is 4. The zero-order valence-electron chi connectivity index (χ0n) is 13.7. The number of carboxylic acid groups (broad SMARTS) is 1. The van der Waals surface area contributed by atoms with E-state index in [-0.39, 0.29) is 6.04 Å². The van der Waals surface area contributed by atoms with Crippen LogP contribution in [0.3, 0.4) is 0 Å². The molecule has 1 heterocycles. The van der Waals surface area contributed by atoms with Crippen LogP contribution in [0.15, 0.2) is 53.0 Å². The summed E-state index contributed by atoms with van der Waals surface area (Å²) in [5.74, 6) is 0. The zero-order chi connectivity index (χ0) is 18.0. The molecule has 1 aliphatic heterocycles. The molecule has 1 fully saturated rings. The molecule has 0 aromatic heterocycles. The van der Waals surface area contributed by atoms with Gasteiger partial charge in [-0.25, -0.2) is 4.79 Å². The minimum absolute atomic E-state index is 0.156. The van der Waals surface area contributed by atoms with Gasteiger partial charge in [0.2, 0.25) is 0 Å². The van der Waals surface area contributed by atoms with Crippen LogP contribution in [-0.2, 0) is 6.42 Å². The molecular weight excluding hydrogens is 384 g/mol. The molecule has 132 valence electrons. The lowest BCUT2D eigenvalue weighted by atomic mass is 10.0. The zero-order valence-corrected chi connectivity index (χ0v) is 15.3. The van der Waals surface area contributed by atoms with Gasteiger partial charge < -0.3 is 15.9 Å². The number of aliphatic hydroxyl groups is 1. The summed E-state index contributed by atoms with van der Waals surface area (Å²) in [6.07, 6.45) is 0.160. The number of nitrogen functional groups attached to an aromatic ring is 1. The van der Waals surface area contributed by atoms with Crippen molar-refractivity contribution < 1.29 is 15.0 Å². The Morgan fingerprint density at radius 3 is 2.60 bits per heavy atom. The van der Waals surface area contributed by atoms with Gasteiger partial charge in [0.1, 0.15) is 0 Å². The van der Waals surface area contributed by atoms with Crippen molar-refractivity contribution in [2.45, 2.75) is 37.5 Å². The number of halogens is 1. The van der Waals surface area contributed by atoms with Crippen molar-refractivity contribution in [2.24, 2.45) is 0 Å². The molecule has 0 bridgehead atoms. The fourth-order valence-corrected chi connectivity index (χ4v) is 3.99. The Bertz CT molecular complexity index is 754. The predicted octanol–water partition coefficient (Wildman–Crippen LogP) is 3.82. The Morgan fingerprint density at radius 1 is 1.24 bits per heavy atom. The second-order valence-electron chi connectivity index (χ2n) is 6.40. The molecule has 5 nitrogen and oxygen atoms in total. The number of anilines is 1. The van der Waals surface area contributed by atoms with Gasteiger partial charge in [-0.2, -0.15) is 0 Å². The molecule has 1 aliphatic rings. The molecule has 0 aliphatic carbocycles. The number of nitrogens with zero attached hydrogens (tertiary/aromatic N) is 1. The van der Waals surface area contributed by atoms with Crippen molar-refractivity contribution in [3.8, 4) is 0 Å². The first-order valence-corrected chi connectivity index (χ1v) is 9.05. The molecule has 0 unspecified atom stereocenters. The molecule has 0 saturated carbocycles. The van der Waals surface area contributed by atoms with Crippen LogP contribution >= 0.6 is 15.9 Å². The molecule has 2 aromatic carbocycles. The average Bonchev–Trinajstić information content (AvgIpc) is 3.02. The molecule has 6 heteroatoms. The highest BCUT2D eigenvalue weighted by atomic mass is 79.9. The highest BCUT2D eigenvalue weighted by Crippen LogP contribution is 2.35. The average molecular weight is 405 g/mol. The van der Waals surface area contributed by atoms with Gasteiger partial charge in [0.25, 0.3) is 0 Å². The van der Waals surface area contributed by atoms with E-state index in [0.717, 1.165) is 22.0 Å². The standard InChI is InChI=1S/C19H21BrN2O3/c20-15-11-12(6-8-16(15)21)10-14-7-9-17(22(14)19(24)25)18(23)13-4-2-1-3-5-13/h1-6,8,11,14,17-18,23H,7,9-10,21H2,(H,24,25)/t14-,17+,18+/m0/s1. The number of carbonyl (C=O) groups is 1. The van der Waals surface area contributed by atoms with Gasteiger partial charge in [-0.05, 0) is 58.5 Å². The van der Waals surface area contributed by atoms with Gasteiger partial charge in [-0.15, -0.1) is 0 Å². The number of likely N-dealkylation sites (tertiary alicyclic amines) is 1. The fraction of sp³-hybridized carbons (Fsp3) is 0.316. The SMILES string of the molecule is Nc1ccc(C[C@@H]2CC[C@H]([C@H](O)c3ccccc3)N2C(=O)O)cc1Br. The first-order valence-electron chi connectivity index (χ1n) is 8.25. The minimum Gasteiger partial charge on any atom is -0.465 e. The van der Waals surface area contributed by atoms with Crippen LogP contribution in [-0.4, -0.2) is 33.3 Å². The fourth-order valence-electron chi connectivity index (χ4n) is 3.56. The molecule has 1 saturated heterocycles. The lowest BCUT2D eigenvalue weighted by molar-refractivity contribution is 0.0540. The normalized spacial score (nSPS) is 21.3. The summed E-state index contributed by atoms with van der Waals surface area (Å²) < 4.78 is 0.811. The molecular formula is C19H21BrN2O3. The van der Waals surface area contributed by atoms with Crippen LogP contribution in [0, 0.1) is 0 Å². The Balaban J connectivity index is 1.79. The first-order chi connectivity index (χ1) is 12.0. The second kappa shape index (κ2) is 7.45. The highest BCUT2D eigenvalue weighted by Gasteiger charge is 2.41. The Morgan fingerprint density at radius 2 is 1.96 bits per heavy atom. The van der Waals surface area contributed by atoms with Crippen molar-refractivity contribution in [2.75, 3.05) is 5.73 Å². The van der Waals surface area contributed by atoms with Gasteiger partial charge in [-0.1, -0.05) is 36.4 Å². The molecule has 2 aromatic rings. The van der Waals surface area contributed by atoms with Crippen molar-refractivity contribution >= 4 is 27.7 Å². The van der Waals surface area contributed by atoms with Crippen molar-refractivity contribution in [1.29, 1.82) is 0 Å². The molecule has 4 N–H and O–H groups in total. The Hall–Kier alpha value is -2.05. The smallest absolute Gasteiger partial charge is 0.407 e. The maximum Gasteiger partial charge on any atom is 0.407 e. The topological polar surface area (TPSA) is 86.8 Å². The van der Waals surface area contributed by atoms with Crippen LogP contribution in [0.2, 0.25) is 0 Å². The number of aliphatic hydroxyl groups excluding tert-OH is 1. The summed E-state index contributed by atoms with van der Waals surface area (Å²) in [4.78, 5) is 13.3. The number of benzene rings is 2. The second-order valence-corrected chi connectivity index (χ2v) is 7.26. The molecule has 3 rings (SSSR count). The number of hydrogen-bond acceptors (Lipinski definition) is 3. The van der Waals surface area contributed by atoms with Gasteiger partial charge in [0.15, 0.2) is 0 Å². The molecule has 25 heavy (non-hydrogen) atoms. The van der Waals surface area contributed by atoms with Crippen LogP contribution < -0.4 is 5.73 Å². The molecule has 0 radical (unpaired) electrons. The van der Waals surface area contributed by atoms with E-state index in [0.29, 0.717) is 18.5 Å².